The van der Waals surface area contributed by atoms with E-state index in [1.807, 2.05) is 6.92 Å². The first-order valence-corrected chi connectivity index (χ1v) is 10.2. The molecule has 0 radical (unpaired) electrons. The van der Waals surface area contributed by atoms with Gasteiger partial charge in [-0.1, -0.05) is 20.8 Å². The van der Waals surface area contributed by atoms with Crippen LogP contribution in [0.3, 0.4) is 0 Å². The Morgan fingerprint density at radius 1 is 0.941 bits per heavy atom. The Labute approximate surface area is 196 Å². The highest BCUT2D eigenvalue weighted by molar-refractivity contribution is 5.98. The number of aldehydes is 2. The van der Waals surface area contributed by atoms with E-state index in [1.165, 1.54) is 48.5 Å². The van der Waals surface area contributed by atoms with Crippen molar-refractivity contribution in [3.63, 3.8) is 0 Å². The van der Waals surface area contributed by atoms with E-state index in [9.17, 15) is 39.7 Å². The van der Waals surface area contributed by atoms with Gasteiger partial charge in [0.05, 0.1) is 16.0 Å². The van der Waals surface area contributed by atoms with Gasteiger partial charge in [0.15, 0.2) is 5.78 Å². The van der Waals surface area contributed by atoms with E-state index in [2.05, 4.69) is 0 Å². The highest BCUT2D eigenvalue weighted by Crippen LogP contribution is 2.20. The van der Waals surface area contributed by atoms with Crippen LogP contribution in [0.2, 0.25) is 0 Å². The molecule has 11 nitrogen and oxygen atoms in total. The molecule has 0 bridgehead atoms. The van der Waals surface area contributed by atoms with Crippen LogP contribution in [0.1, 0.15) is 47.9 Å². The molecule has 0 aliphatic heterocycles. The van der Waals surface area contributed by atoms with E-state index in [4.69, 9.17) is 5.11 Å². The van der Waals surface area contributed by atoms with Gasteiger partial charge in [0.1, 0.15) is 12.6 Å². The lowest BCUT2D eigenvalue weighted by molar-refractivity contribution is -0.385. The molecule has 0 heterocycles. The van der Waals surface area contributed by atoms with Gasteiger partial charge in [-0.05, 0) is 24.3 Å². The van der Waals surface area contributed by atoms with Gasteiger partial charge in [0.2, 0.25) is 0 Å². The van der Waals surface area contributed by atoms with Crippen LogP contribution >= 0.6 is 0 Å². The molecule has 0 aliphatic rings. The molecule has 2 rings (SSSR count). The molecule has 0 unspecified atom stereocenters. The summed E-state index contributed by atoms with van der Waals surface area (Å²) in [5.41, 5.74) is 0.655. The summed E-state index contributed by atoms with van der Waals surface area (Å²) >= 11 is 0. The predicted molar refractivity (Wildman–Crippen MR) is 124 cm³/mol. The first kappa shape index (κ1) is 30.2. The topological polar surface area (TPSA) is 178 Å². The number of non-ortho nitro benzene ring substituents is 2. The second kappa shape index (κ2) is 15.9. The number of carbonyl (C=O) groups is 3. The van der Waals surface area contributed by atoms with E-state index >= 15 is 0 Å². The summed E-state index contributed by atoms with van der Waals surface area (Å²) in [5, 5.41) is 39.5. The zero-order valence-electron chi connectivity index (χ0n) is 19.1. The average molecular weight is 476 g/mol. The van der Waals surface area contributed by atoms with Gasteiger partial charge < -0.3 is 15.0 Å². The summed E-state index contributed by atoms with van der Waals surface area (Å²) < 4.78 is 0. The molecule has 0 amide bonds. The standard InChI is InChI=1S/C13H17NO5.C7H5NO3.C3H6O/c1-8(7-15)12(16)9(2)13(17)10-3-5-11(6-4-10)14(18)19;9-5-6-1-3-7(4-2-6)8(10)11;1-2-3-4/h3-6,8-9,12,15-16H,7H2,1-2H3;1-5H;3H,2H2,1H3/t8-,9-,12-;;/m1../s1. The minimum atomic E-state index is -0.951. The molecule has 0 fully saturated rings. The maximum absolute atomic E-state index is 12.1. The van der Waals surface area contributed by atoms with E-state index in [0.717, 1.165) is 6.29 Å². The second-order valence-corrected chi connectivity index (χ2v) is 7.15. The SMILES string of the molecule is CCC=O.C[C@H](CO)[C@@H](O)[C@@H](C)C(=O)c1ccc([N+](=O)[O-])cc1.O=Cc1ccc([N+](=O)[O-])cc1. The lowest BCUT2D eigenvalue weighted by Crippen LogP contribution is -2.33. The van der Waals surface area contributed by atoms with Gasteiger partial charge >= 0.3 is 0 Å². The molecule has 0 spiro atoms. The van der Waals surface area contributed by atoms with Crippen LogP contribution in [0, 0.1) is 32.1 Å². The number of carbonyl (C=O) groups excluding carboxylic acids is 3. The van der Waals surface area contributed by atoms with E-state index in [0.29, 0.717) is 23.8 Å². The molecule has 0 aliphatic carbocycles. The number of benzene rings is 2. The van der Waals surface area contributed by atoms with E-state index < -0.39 is 27.8 Å². The summed E-state index contributed by atoms with van der Waals surface area (Å²) in [4.78, 5) is 50.9. The van der Waals surface area contributed by atoms with Gasteiger partial charge in [-0.15, -0.1) is 0 Å². The molecule has 2 aromatic carbocycles. The van der Waals surface area contributed by atoms with E-state index in [1.54, 1.807) is 13.8 Å². The first-order valence-electron chi connectivity index (χ1n) is 10.2. The number of rotatable bonds is 9. The van der Waals surface area contributed by atoms with Crippen molar-refractivity contribution >= 4 is 29.7 Å². The normalized spacial score (nSPS) is 12.4. The summed E-state index contributed by atoms with van der Waals surface area (Å²) in [6, 6.07) is 10.6. The smallest absolute Gasteiger partial charge is 0.269 e. The van der Waals surface area contributed by atoms with Gasteiger partial charge in [0, 0.05) is 60.3 Å². The second-order valence-electron chi connectivity index (χ2n) is 7.15. The number of nitrogens with zero attached hydrogens (tertiary/aromatic N) is 2. The van der Waals surface area contributed by atoms with Crippen LogP contribution < -0.4 is 0 Å². The van der Waals surface area contributed by atoms with Crippen molar-refractivity contribution in [3.05, 3.63) is 79.9 Å². The molecule has 34 heavy (non-hydrogen) atoms. The quantitative estimate of drug-likeness (QED) is 0.237. The fourth-order valence-electron chi connectivity index (χ4n) is 2.44. The Bertz CT molecular complexity index is 944. The van der Waals surface area contributed by atoms with Gasteiger partial charge in [0.25, 0.3) is 11.4 Å². The summed E-state index contributed by atoms with van der Waals surface area (Å²) in [6.07, 6.45) is 1.21. The molecule has 2 aromatic rings. The van der Waals surface area contributed by atoms with Crippen molar-refractivity contribution in [2.45, 2.75) is 33.3 Å². The minimum absolute atomic E-state index is 0.00407. The van der Waals surface area contributed by atoms with E-state index in [-0.39, 0.29) is 23.8 Å². The van der Waals surface area contributed by atoms with Crippen LogP contribution in [0.15, 0.2) is 48.5 Å². The van der Waals surface area contributed by atoms with Crippen molar-refractivity contribution in [1.29, 1.82) is 0 Å². The monoisotopic (exact) mass is 476 g/mol. The first-order chi connectivity index (χ1) is 16.0. The lowest BCUT2D eigenvalue weighted by Gasteiger charge is -2.22. The number of nitro benzene ring substituents is 2. The van der Waals surface area contributed by atoms with Crippen LogP contribution in [0.25, 0.3) is 0 Å². The Kier molecular flexibility index (Phi) is 14.1. The minimum Gasteiger partial charge on any atom is -0.396 e. The van der Waals surface area contributed by atoms with Crippen molar-refractivity contribution in [2.75, 3.05) is 6.61 Å². The number of Topliss-reactive ketones (excluding diaryl/α,β-unsaturated/α-hetero) is 1. The Balaban J connectivity index is 0.000000609. The maximum atomic E-state index is 12.1. The molecule has 2 N–H and O–H groups in total. The molecule has 184 valence electrons. The van der Waals surface area contributed by atoms with Gasteiger partial charge in [-0.2, -0.15) is 0 Å². The largest absolute Gasteiger partial charge is 0.396 e. The number of aliphatic hydroxyl groups excluding tert-OH is 2. The highest BCUT2D eigenvalue weighted by Gasteiger charge is 2.27. The molecular formula is C23H28N2O9. The number of nitro groups is 2. The number of ketones is 1. The van der Waals surface area contributed by atoms with Crippen molar-refractivity contribution in [1.82, 2.24) is 0 Å². The summed E-state index contributed by atoms with van der Waals surface area (Å²) in [6.45, 7) is 4.82. The Morgan fingerprint density at radius 2 is 1.35 bits per heavy atom. The van der Waals surface area contributed by atoms with Crippen molar-refractivity contribution in [2.24, 2.45) is 11.8 Å². The fourth-order valence-corrected chi connectivity index (χ4v) is 2.44. The molecule has 0 saturated heterocycles. The average Bonchev–Trinajstić information content (AvgIpc) is 2.87. The number of hydrogen-bond donors (Lipinski definition) is 2. The van der Waals surface area contributed by atoms with Gasteiger partial charge in [-0.3, -0.25) is 29.8 Å². The lowest BCUT2D eigenvalue weighted by atomic mass is 9.88. The summed E-state index contributed by atoms with van der Waals surface area (Å²) in [7, 11) is 0. The Morgan fingerprint density at radius 3 is 1.68 bits per heavy atom. The molecule has 3 atom stereocenters. The maximum Gasteiger partial charge on any atom is 0.269 e. The van der Waals surface area contributed by atoms with Crippen LogP contribution in [0.5, 0.6) is 0 Å². The molecular weight excluding hydrogens is 448 g/mol. The van der Waals surface area contributed by atoms with Crippen LogP contribution in [-0.4, -0.2) is 51.1 Å². The van der Waals surface area contributed by atoms with Crippen LogP contribution in [0.4, 0.5) is 11.4 Å². The third kappa shape index (κ3) is 10.2. The third-order valence-electron chi connectivity index (χ3n) is 4.57. The molecule has 0 aromatic heterocycles. The zero-order valence-corrected chi connectivity index (χ0v) is 19.1. The number of aliphatic hydroxyl groups is 2. The fraction of sp³-hybridized carbons (Fsp3) is 0.348. The van der Waals surface area contributed by atoms with Crippen molar-refractivity contribution < 1.29 is 34.4 Å². The summed E-state index contributed by atoms with van der Waals surface area (Å²) in [5.74, 6) is -1.39. The third-order valence-corrected chi connectivity index (χ3v) is 4.57. The zero-order chi connectivity index (χ0) is 26.3. The molecule has 0 saturated carbocycles. The van der Waals surface area contributed by atoms with Gasteiger partial charge in [-0.25, -0.2) is 0 Å². The van der Waals surface area contributed by atoms with Crippen LogP contribution in [-0.2, 0) is 4.79 Å². The predicted octanol–water partition coefficient (Wildman–Crippen LogP) is 3.41. The van der Waals surface area contributed by atoms with Crippen molar-refractivity contribution in [3.8, 4) is 0 Å². The molecule has 11 heteroatoms. The Hall–Kier alpha value is -3.83. The number of hydrogen-bond acceptors (Lipinski definition) is 9. The highest BCUT2D eigenvalue weighted by atomic mass is 16.6.